The molecular formula is C15H26N2O3. The first-order valence-electron chi connectivity index (χ1n) is 7.78. The normalized spacial score (nSPS) is 28.6. The number of amides is 2. The van der Waals surface area contributed by atoms with Crippen molar-refractivity contribution in [1.82, 2.24) is 10.2 Å². The summed E-state index contributed by atoms with van der Waals surface area (Å²) in [6.45, 7) is 2.93. The molecule has 0 aromatic heterocycles. The van der Waals surface area contributed by atoms with E-state index in [1.807, 2.05) is 6.92 Å². The summed E-state index contributed by atoms with van der Waals surface area (Å²) in [7, 11) is 1.62. The third-order valence-electron chi connectivity index (χ3n) is 4.57. The number of rotatable bonds is 5. The number of nitrogens with zero attached hydrogens (tertiary/aromatic N) is 1. The first-order chi connectivity index (χ1) is 9.69. The van der Waals surface area contributed by atoms with Crippen LogP contribution in [0.3, 0.4) is 0 Å². The van der Waals surface area contributed by atoms with E-state index < -0.39 is 0 Å². The molecule has 1 N–H and O–H groups in total. The Morgan fingerprint density at radius 2 is 1.95 bits per heavy atom. The third kappa shape index (κ3) is 3.14. The fraction of sp³-hybridized carbons (Fsp3) is 0.867. The second-order valence-electron chi connectivity index (χ2n) is 5.83. The molecule has 114 valence electrons. The minimum atomic E-state index is -0.336. The highest BCUT2D eigenvalue weighted by Gasteiger charge is 2.42. The quantitative estimate of drug-likeness (QED) is 0.827. The Morgan fingerprint density at radius 3 is 2.55 bits per heavy atom. The van der Waals surface area contributed by atoms with Gasteiger partial charge in [-0.05, 0) is 25.2 Å². The van der Waals surface area contributed by atoms with E-state index in [4.69, 9.17) is 4.74 Å². The lowest BCUT2D eigenvalue weighted by atomic mass is 9.82. The summed E-state index contributed by atoms with van der Waals surface area (Å²) >= 11 is 0. The lowest BCUT2D eigenvalue weighted by Crippen LogP contribution is -2.65. The Morgan fingerprint density at radius 1 is 1.25 bits per heavy atom. The Labute approximate surface area is 121 Å². The summed E-state index contributed by atoms with van der Waals surface area (Å²) in [5.41, 5.74) is 0. The van der Waals surface area contributed by atoms with Crippen LogP contribution >= 0.6 is 0 Å². The maximum Gasteiger partial charge on any atom is 0.246 e. The maximum absolute atomic E-state index is 12.7. The number of carbonyl (C=O) groups is 2. The van der Waals surface area contributed by atoms with Crippen molar-refractivity contribution in [2.24, 2.45) is 5.92 Å². The largest absolute Gasteiger partial charge is 0.383 e. The van der Waals surface area contributed by atoms with Gasteiger partial charge in [-0.15, -0.1) is 0 Å². The molecule has 2 rings (SSSR count). The van der Waals surface area contributed by atoms with Crippen LogP contribution in [0.15, 0.2) is 0 Å². The third-order valence-corrected chi connectivity index (χ3v) is 4.57. The average molecular weight is 282 g/mol. The summed E-state index contributed by atoms with van der Waals surface area (Å²) in [5, 5.41) is 2.97. The van der Waals surface area contributed by atoms with Crippen LogP contribution in [0.4, 0.5) is 0 Å². The molecule has 1 saturated heterocycles. The van der Waals surface area contributed by atoms with Crippen molar-refractivity contribution in [2.75, 3.05) is 20.3 Å². The predicted molar refractivity (Wildman–Crippen MR) is 76.2 cm³/mol. The highest BCUT2D eigenvalue weighted by Crippen LogP contribution is 2.29. The zero-order valence-corrected chi connectivity index (χ0v) is 12.6. The molecule has 0 aromatic rings. The van der Waals surface area contributed by atoms with Crippen LogP contribution in [0.1, 0.15) is 45.4 Å². The van der Waals surface area contributed by atoms with Gasteiger partial charge < -0.3 is 15.0 Å². The number of hydrogen-bond acceptors (Lipinski definition) is 3. The van der Waals surface area contributed by atoms with Crippen molar-refractivity contribution in [2.45, 2.75) is 57.5 Å². The molecule has 2 amide bonds. The van der Waals surface area contributed by atoms with E-state index >= 15 is 0 Å². The van der Waals surface area contributed by atoms with Gasteiger partial charge in [-0.2, -0.15) is 0 Å². The summed E-state index contributed by atoms with van der Waals surface area (Å²) in [6.07, 6.45) is 6.32. The molecule has 20 heavy (non-hydrogen) atoms. The van der Waals surface area contributed by atoms with Crippen LogP contribution < -0.4 is 5.32 Å². The van der Waals surface area contributed by atoms with Crippen LogP contribution in [0, 0.1) is 5.92 Å². The van der Waals surface area contributed by atoms with Gasteiger partial charge in [0.1, 0.15) is 12.1 Å². The van der Waals surface area contributed by atoms with Gasteiger partial charge in [-0.25, -0.2) is 0 Å². The number of methoxy groups -OCH3 is 1. The average Bonchev–Trinajstić information content (AvgIpc) is 2.48. The van der Waals surface area contributed by atoms with Crippen LogP contribution in [-0.2, 0) is 14.3 Å². The standard InChI is InChI=1S/C15H26N2O3/c1-3-12-14(18)16-13(11-7-5-4-6-8-11)15(19)17(12)9-10-20-2/h11-13H,3-10H2,1-2H3,(H,16,18). The van der Waals surface area contributed by atoms with Gasteiger partial charge in [-0.1, -0.05) is 26.2 Å². The molecule has 1 saturated carbocycles. The lowest BCUT2D eigenvalue weighted by Gasteiger charge is -2.42. The van der Waals surface area contributed by atoms with Crippen LogP contribution in [0.5, 0.6) is 0 Å². The maximum atomic E-state index is 12.7. The number of nitrogens with one attached hydrogen (secondary N) is 1. The topological polar surface area (TPSA) is 58.6 Å². The van der Waals surface area contributed by atoms with Crippen molar-refractivity contribution in [3.63, 3.8) is 0 Å². The second kappa shape index (κ2) is 7.07. The van der Waals surface area contributed by atoms with Gasteiger partial charge in [0.2, 0.25) is 11.8 Å². The van der Waals surface area contributed by atoms with Crippen molar-refractivity contribution in [3.8, 4) is 0 Å². The smallest absolute Gasteiger partial charge is 0.246 e. The molecule has 1 heterocycles. The fourth-order valence-corrected chi connectivity index (χ4v) is 3.43. The first kappa shape index (κ1) is 15.3. The molecular weight excluding hydrogens is 256 g/mol. The van der Waals surface area contributed by atoms with E-state index in [-0.39, 0.29) is 23.9 Å². The first-order valence-corrected chi connectivity index (χ1v) is 7.78. The van der Waals surface area contributed by atoms with E-state index in [0.717, 1.165) is 12.8 Å². The van der Waals surface area contributed by atoms with Gasteiger partial charge in [-0.3, -0.25) is 9.59 Å². The van der Waals surface area contributed by atoms with Crippen molar-refractivity contribution in [1.29, 1.82) is 0 Å². The highest BCUT2D eigenvalue weighted by atomic mass is 16.5. The molecule has 1 aliphatic carbocycles. The summed E-state index contributed by atoms with van der Waals surface area (Å²) in [6, 6.07) is -0.653. The van der Waals surface area contributed by atoms with Crippen LogP contribution in [-0.4, -0.2) is 49.1 Å². The molecule has 0 radical (unpaired) electrons. The van der Waals surface area contributed by atoms with Gasteiger partial charge in [0.15, 0.2) is 0 Å². The molecule has 5 heteroatoms. The number of carbonyl (C=O) groups excluding carboxylic acids is 2. The molecule has 2 fully saturated rings. The molecule has 0 bridgehead atoms. The van der Waals surface area contributed by atoms with E-state index in [1.165, 1.54) is 19.3 Å². The number of piperazine rings is 1. The van der Waals surface area contributed by atoms with E-state index in [1.54, 1.807) is 12.0 Å². The zero-order valence-electron chi connectivity index (χ0n) is 12.6. The minimum Gasteiger partial charge on any atom is -0.383 e. The zero-order chi connectivity index (χ0) is 14.5. The Balaban J connectivity index is 2.10. The molecule has 1 aliphatic heterocycles. The van der Waals surface area contributed by atoms with Crippen LogP contribution in [0.2, 0.25) is 0 Å². The van der Waals surface area contributed by atoms with E-state index in [0.29, 0.717) is 25.5 Å². The minimum absolute atomic E-state index is 0.00113. The van der Waals surface area contributed by atoms with E-state index in [2.05, 4.69) is 5.32 Å². The van der Waals surface area contributed by atoms with Crippen molar-refractivity contribution in [3.05, 3.63) is 0 Å². The monoisotopic (exact) mass is 282 g/mol. The highest BCUT2D eigenvalue weighted by molar-refractivity contribution is 5.97. The Bertz CT molecular complexity index is 349. The Kier molecular flexibility index (Phi) is 5.40. The molecule has 2 aliphatic rings. The van der Waals surface area contributed by atoms with Crippen LogP contribution in [0.25, 0.3) is 0 Å². The second-order valence-corrected chi connectivity index (χ2v) is 5.83. The number of hydrogen-bond donors (Lipinski definition) is 1. The van der Waals surface area contributed by atoms with Crippen molar-refractivity contribution >= 4 is 11.8 Å². The fourth-order valence-electron chi connectivity index (χ4n) is 3.43. The predicted octanol–water partition coefficient (Wildman–Crippen LogP) is 1.32. The Hall–Kier alpha value is -1.10. The lowest BCUT2D eigenvalue weighted by molar-refractivity contribution is -0.152. The summed E-state index contributed by atoms with van der Waals surface area (Å²) in [5.74, 6) is 0.391. The molecule has 0 aromatic carbocycles. The SMILES string of the molecule is CCC1C(=O)NC(C2CCCCC2)C(=O)N1CCOC. The van der Waals surface area contributed by atoms with Gasteiger partial charge in [0.05, 0.1) is 6.61 Å². The van der Waals surface area contributed by atoms with Gasteiger partial charge in [0.25, 0.3) is 0 Å². The molecule has 5 nitrogen and oxygen atoms in total. The van der Waals surface area contributed by atoms with Gasteiger partial charge >= 0.3 is 0 Å². The van der Waals surface area contributed by atoms with Gasteiger partial charge in [0, 0.05) is 13.7 Å². The summed E-state index contributed by atoms with van der Waals surface area (Å²) < 4.78 is 5.08. The molecule has 0 spiro atoms. The van der Waals surface area contributed by atoms with Crippen molar-refractivity contribution < 1.29 is 14.3 Å². The number of ether oxygens (including phenoxy) is 1. The molecule has 2 unspecified atom stereocenters. The summed E-state index contributed by atoms with van der Waals surface area (Å²) in [4.78, 5) is 26.7. The molecule has 2 atom stereocenters. The van der Waals surface area contributed by atoms with E-state index in [9.17, 15) is 9.59 Å².